The van der Waals surface area contributed by atoms with Gasteiger partial charge in [0.1, 0.15) is 38.1 Å². The Morgan fingerprint density at radius 2 is 1.59 bits per heavy atom. The minimum absolute atomic E-state index is 0.00342. The van der Waals surface area contributed by atoms with E-state index >= 15 is 0 Å². The fourth-order valence-electron chi connectivity index (χ4n) is 15.0. The number of ether oxygens (including phenoxy) is 7. The summed E-state index contributed by atoms with van der Waals surface area (Å²) in [6.45, 7) is 15.1. The fraction of sp³-hybridized carbons (Fsp3) is 0.459. The zero-order chi connectivity index (χ0) is 75.4. The van der Waals surface area contributed by atoms with Gasteiger partial charge in [-0.3, -0.25) is 33.3 Å². The highest BCUT2D eigenvalue weighted by Gasteiger charge is 2.57. The van der Waals surface area contributed by atoms with Gasteiger partial charge in [0.25, 0.3) is 11.5 Å². The van der Waals surface area contributed by atoms with Crippen LogP contribution in [0.4, 0.5) is 11.4 Å². The van der Waals surface area contributed by atoms with Crippen molar-refractivity contribution in [3.8, 4) is 5.75 Å². The van der Waals surface area contributed by atoms with Crippen molar-refractivity contribution >= 4 is 75.1 Å². The Balaban J connectivity index is 0.609. The van der Waals surface area contributed by atoms with E-state index in [1.54, 1.807) is 24.3 Å². The number of nitrogens with zero attached hydrogens (tertiary/aromatic N) is 3. The molecule has 7 heterocycles. The molecule has 106 heavy (non-hydrogen) atoms. The van der Waals surface area contributed by atoms with Gasteiger partial charge in [0, 0.05) is 96.8 Å². The second kappa shape index (κ2) is 35.2. The van der Waals surface area contributed by atoms with Gasteiger partial charge in [0.2, 0.25) is 17.5 Å². The molecule has 5 aromatic rings. The summed E-state index contributed by atoms with van der Waals surface area (Å²) in [6, 6.07) is 28.8. The number of carbonyl (C=O) groups is 3. The number of hydrogen-bond donors (Lipinski definition) is 8. The first-order valence-corrected chi connectivity index (χ1v) is 40.2. The molecule has 0 bridgehead atoms. The molecule has 32 heteroatoms. The third-order valence-corrected chi connectivity index (χ3v) is 23.5. The number of anilines is 1. The number of aromatic amines is 1. The Morgan fingerprint density at radius 3 is 2.39 bits per heavy atom. The van der Waals surface area contributed by atoms with Crippen LogP contribution in [0.2, 0.25) is 0 Å². The second-order valence-electron chi connectivity index (χ2n) is 27.1. The van der Waals surface area contributed by atoms with Gasteiger partial charge in [-0.05, 0) is 112 Å². The summed E-state index contributed by atoms with van der Waals surface area (Å²) >= 11 is 0. The van der Waals surface area contributed by atoms with Gasteiger partial charge < -0.3 is 73.6 Å². The lowest BCUT2D eigenvalue weighted by atomic mass is 9.69. The molecule has 6 aliphatic heterocycles. The molecule has 1 fully saturated rings. The molecule has 11 rings (SSSR count). The van der Waals surface area contributed by atoms with E-state index in [0.29, 0.717) is 43.7 Å². The highest BCUT2D eigenvalue weighted by Crippen LogP contribution is 2.66. The van der Waals surface area contributed by atoms with Crippen molar-refractivity contribution in [2.45, 2.75) is 146 Å². The molecule has 1 aromatic heterocycles. The first-order valence-electron chi connectivity index (χ1n) is 35.6. The maximum atomic E-state index is 13.5. The zero-order valence-electron chi connectivity index (χ0n) is 59.5. The predicted octanol–water partition coefficient (Wildman–Crippen LogP) is 9.59. The van der Waals surface area contributed by atoms with Crippen LogP contribution in [0.25, 0.3) is 16.8 Å². The Bertz CT molecular complexity index is 4490. The Labute approximate surface area is 613 Å². The molecule has 0 aliphatic carbocycles. The van der Waals surface area contributed by atoms with Gasteiger partial charge in [-0.15, -0.1) is 13.2 Å². The predicted molar refractivity (Wildman–Crippen MR) is 393 cm³/mol. The lowest BCUT2D eigenvalue weighted by Crippen LogP contribution is -2.48. The normalized spacial score (nSPS) is 23.0. The average Bonchev–Trinajstić information content (AvgIpc) is 1.54. The van der Waals surface area contributed by atoms with E-state index in [0.717, 1.165) is 75.2 Å². The van der Waals surface area contributed by atoms with Crippen LogP contribution in [0.1, 0.15) is 131 Å². The molecule has 570 valence electrons. The molecule has 0 radical (unpaired) electrons. The smallest absolute Gasteiger partial charge is 0.488 e. The summed E-state index contributed by atoms with van der Waals surface area (Å²) in [5.41, 5.74) is 8.66. The first kappa shape index (κ1) is 79.4. The van der Waals surface area contributed by atoms with Gasteiger partial charge in [-0.2, -0.15) is 13.2 Å². The average molecular weight is 1530 g/mol. The van der Waals surface area contributed by atoms with Gasteiger partial charge >= 0.3 is 29.2 Å². The molecule has 29 nitrogen and oxygen atoms in total. The second-order valence-corrected chi connectivity index (χ2v) is 31.5. The lowest BCUT2D eigenvalue weighted by molar-refractivity contribution is -0.445. The number of rotatable bonds is 39. The molecule has 6 aliphatic rings. The minimum atomic E-state index is -5.83. The monoisotopic (exact) mass is 1520 g/mol. The van der Waals surface area contributed by atoms with E-state index in [1.165, 1.54) is 80.1 Å². The Hall–Kier alpha value is -7.63. The van der Waals surface area contributed by atoms with E-state index in [9.17, 15) is 47.5 Å². The SMILES string of the molecule is C=CCOCOC1C[C@H](n2cc(/C=C/CNC(=O)COC(COc3cccc(C(=O)NCCCCCNC(=O)CCCC4(C)C5=C6C=C7C8=[N+](CCC7OC6CCN5c5ccccc54)c4ccc5ccccc5c4C8(C)CCCC)c3)OCC=C)c(=O)[nH]c2=O)O[C@@H]1COP(=O)(O)OP(=O)(O)OP(=O)(O)O. The molecule has 8 unspecified atom stereocenters. The summed E-state index contributed by atoms with van der Waals surface area (Å²) in [7, 11) is -17.1. The summed E-state index contributed by atoms with van der Waals surface area (Å²) < 4.78 is 92.7. The number of allylic oxidation sites excluding steroid dienone is 1. The summed E-state index contributed by atoms with van der Waals surface area (Å²) in [5, 5.41) is 11.3. The number of fused-ring (bicyclic) bond motifs is 10. The maximum Gasteiger partial charge on any atom is 0.490 e. The summed E-state index contributed by atoms with van der Waals surface area (Å²) in [5.74, 6) is -0.526. The van der Waals surface area contributed by atoms with E-state index in [1.807, 2.05) is 0 Å². The van der Waals surface area contributed by atoms with E-state index in [4.69, 9.17) is 47.5 Å². The van der Waals surface area contributed by atoms with Crippen molar-refractivity contribution in [1.29, 1.82) is 0 Å². The van der Waals surface area contributed by atoms with E-state index in [-0.39, 0.29) is 80.0 Å². The number of aromatic nitrogens is 2. The lowest BCUT2D eigenvalue weighted by Gasteiger charge is -2.43. The van der Waals surface area contributed by atoms with Gasteiger partial charge in [0.15, 0.2) is 18.5 Å². The quantitative estimate of drug-likeness (QED) is 0.00596. The Kier molecular flexibility index (Phi) is 26.3. The van der Waals surface area contributed by atoms with E-state index in [2.05, 4.69) is 140 Å². The molecule has 0 saturated carbocycles. The molecule has 1 saturated heterocycles. The third kappa shape index (κ3) is 19.1. The largest absolute Gasteiger partial charge is 0.490 e. The van der Waals surface area contributed by atoms with Crippen LogP contribution < -0.4 is 36.8 Å². The van der Waals surface area contributed by atoms with Crippen LogP contribution in [-0.2, 0) is 75.7 Å². The van der Waals surface area contributed by atoms with Crippen LogP contribution in [0.3, 0.4) is 0 Å². The zero-order valence-corrected chi connectivity index (χ0v) is 62.2. The number of benzene rings is 4. The van der Waals surface area contributed by atoms with Crippen molar-refractivity contribution in [1.82, 2.24) is 25.5 Å². The van der Waals surface area contributed by atoms with Crippen LogP contribution in [-0.4, -0.2) is 160 Å². The van der Waals surface area contributed by atoms with Crippen LogP contribution >= 0.6 is 23.5 Å². The summed E-state index contributed by atoms with van der Waals surface area (Å²) in [6.07, 6.45) is 13.8. The third-order valence-electron chi connectivity index (χ3n) is 19.7. The van der Waals surface area contributed by atoms with Crippen LogP contribution in [0, 0.1) is 0 Å². The van der Waals surface area contributed by atoms with Crippen molar-refractivity contribution in [3.05, 3.63) is 189 Å². The maximum absolute atomic E-state index is 13.5. The van der Waals surface area contributed by atoms with Crippen molar-refractivity contribution in [2.75, 3.05) is 77.5 Å². The molecular weight excluding hydrogens is 1430 g/mol. The summed E-state index contributed by atoms with van der Waals surface area (Å²) in [4.78, 5) is 108. The fourth-order valence-corrected chi connectivity index (χ4v) is 18.1. The number of para-hydroxylation sites is 1. The molecule has 0 spiro atoms. The highest BCUT2D eigenvalue weighted by molar-refractivity contribution is 7.66. The van der Waals surface area contributed by atoms with Gasteiger partial charge in [0.05, 0.1) is 49.1 Å². The first-order chi connectivity index (χ1) is 50.8. The van der Waals surface area contributed by atoms with Crippen LogP contribution in [0.15, 0.2) is 155 Å². The van der Waals surface area contributed by atoms with E-state index < -0.39 is 78.6 Å². The van der Waals surface area contributed by atoms with Crippen molar-refractivity contribution in [2.24, 2.45) is 0 Å². The standard InChI is InChI=1S/C74H92N7O22P3/c1-6-9-32-74(5)67-53-24-12-11-20-49(53)28-29-58(67)80-38-31-60-55(69(74)80)42-54-59(100-60)30-37-79-57-26-14-13-25-56(57)73(4,68(54)79)33-18-27-63(82)75-34-15-10-16-35-77-70(84)50-21-17-23-52(41-50)96-47-66(95-40-8-3)97-46-64(83)76-36-19-22-51-44-81(72(86)78-71(51)85)65-43-61(98-48-94-39-7-2)62(101-65)45-99-105(90,91)103-106(92,93)102-104(87,88)89/h7-8,11-14,17,19-26,28-29,41-42,44,59-62,65-66H,2-3,6,9-10,15-16,18,27,30-40,43,45-48H2,1,4-5H3,(H7-,75,76,77,78,82,83,84,85,86,87,88,89,90,91,92,93)/p+1/b22-19+/t59?,60?,61?,62-,65-,66?,73?,74?/m1/s1. The molecular formula is C74H93N7O22P3+. The number of nitrogens with one attached hydrogen (secondary N) is 4. The van der Waals surface area contributed by atoms with Crippen LogP contribution in [0.5, 0.6) is 5.75 Å². The highest BCUT2D eigenvalue weighted by atomic mass is 31.3. The number of carbonyl (C=O) groups excluding carboxylic acids is 3. The number of unbranched alkanes of at least 4 members (excludes halogenated alkanes) is 3. The molecule has 4 aromatic carbocycles. The van der Waals surface area contributed by atoms with Gasteiger partial charge in [-0.1, -0.05) is 92.6 Å². The number of H-pyrrole nitrogens is 1. The number of hydrogen-bond acceptors (Lipinski definition) is 19. The molecule has 10 atom stereocenters. The number of phosphoric ester groups is 1. The topological polar surface area (TPSA) is 373 Å². The van der Waals surface area contributed by atoms with Crippen molar-refractivity contribution < 1.29 is 98.5 Å². The Morgan fingerprint density at radius 1 is 0.821 bits per heavy atom. The minimum Gasteiger partial charge on any atom is -0.488 e. The number of phosphoric acid groups is 3. The molecule has 8 N–H and O–H groups in total. The van der Waals surface area contributed by atoms with Gasteiger partial charge in [-0.25, -0.2) is 18.5 Å². The number of amides is 3. The van der Waals surface area contributed by atoms with Crippen molar-refractivity contribution in [3.63, 3.8) is 0 Å². The molecule has 3 amide bonds.